The summed E-state index contributed by atoms with van der Waals surface area (Å²) >= 11 is 0. The second-order valence-electron chi connectivity index (χ2n) is 8.38. The lowest BCUT2D eigenvalue weighted by Crippen LogP contribution is -2.47. The molecule has 2 saturated heterocycles. The molecule has 0 radical (unpaired) electrons. The van der Waals surface area contributed by atoms with Crippen LogP contribution in [0.5, 0.6) is 0 Å². The van der Waals surface area contributed by atoms with E-state index >= 15 is 0 Å². The SMILES string of the molecule is O=C(NC1CCN(C[C@H]2CCC3(CCCCC3)O2)CC1)C1CC1. The highest BCUT2D eigenvalue weighted by molar-refractivity contribution is 5.81. The topological polar surface area (TPSA) is 41.6 Å². The summed E-state index contributed by atoms with van der Waals surface area (Å²) in [6, 6.07) is 0.411. The molecule has 4 aliphatic rings. The number of piperidine rings is 1. The normalized spacial score (nSPS) is 32.3. The van der Waals surface area contributed by atoms with E-state index in [4.69, 9.17) is 4.74 Å². The van der Waals surface area contributed by atoms with Crippen molar-refractivity contribution in [1.29, 1.82) is 0 Å². The van der Waals surface area contributed by atoms with E-state index in [-0.39, 0.29) is 5.60 Å². The van der Waals surface area contributed by atoms with Crippen molar-refractivity contribution in [1.82, 2.24) is 10.2 Å². The van der Waals surface area contributed by atoms with Gasteiger partial charge in [0.05, 0.1) is 11.7 Å². The predicted octanol–water partition coefficient (Wildman–Crippen LogP) is 2.86. The van der Waals surface area contributed by atoms with E-state index in [2.05, 4.69) is 10.2 Å². The number of rotatable bonds is 4. The van der Waals surface area contributed by atoms with Gasteiger partial charge in [0.25, 0.3) is 0 Å². The Bertz CT molecular complexity index is 421. The molecule has 23 heavy (non-hydrogen) atoms. The van der Waals surface area contributed by atoms with Crippen LogP contribution in [0, 0.1) is 5.92 Å². The van der Waals surface area contributed by atoms with Crippen LogP contribution < -0.4 is 5.32 Å². The van der Waals surface area contributed by atoms with Gasteiger partial charge in [0, 0.05) is 31.6 Å². The van der Waals surface area contributed by atoms with E-state index < -0.39 is 0 Å². The third-order valence-corrected chi connectivity index (χ3v) is 6.45. The fraction of sp³-hybridized carbons (Fsp3) is 0.947. The number of hydrogen-bond donors (Lipinski definition) is 1. The minimum absolute atomic E-state index is 0.249. The number of likely N-dealkylation sites (tertiary alicyclic amines) is 1. The summed E-state index contributed by atoms with van der Waals surface area (Å²) in [6.45, 7) is 3.33. The molecule has 4 heteroatoms. The minimum Gasteiger partial charge on any atom is -0.370 e. The highest BCUT2D eigenvalue weighted by Gasteiger charge is 2.41. The molecule has 1 N–H and O–H groups in total. The first-order valence-electron chi connectivity index (χ1n) is 9.93. The molecule has 0 aromatic rings. The molecular weight excluding hydrogens is 288 g/mol. The van der Waals surface area contributed by atoms with Crippen LogP contribution >= 0.6 is 0 Å². The largest absolute Gasteiger partial charge is 0.370 e. The first kappa shape index (κ1) is 15.9. The fourth-order valence-corrected chi connectivity index (χ4v) is 4.80. The first-order chi connectivity index (χ1) is 11.2. The average molecular weight is 320 g/mol. The van der Waals surface area contributed by atoms with Crippen LogP contribution in [0.4, 0.5) is 0 Å². The maximum absolute atomic E-state index is 11.9. The number of amides is 1. The van der Waals surface area contributed by atoms with Gasteiger partial charge in [0.15, 0.2) is 0 Å². The highest BCUT2D eigenvalue weighted by Crippen LogP contribution is 2.42. The van der Waals surface area contributed by atoms with E-state index in [1.54, 1.807) is 0 Å². The van der Waals surface area contributed by atoms with Crippen molar-refractivity contribution in [3.8, 4) is 0 Å². The van der Waals surface area contributed by atoms with Crippen LogP contribution in [0.25, 0.3) is 0 Å². The number of ether oxygens (including phenoxy) is 1. The van der Waals surface area contributed by atoms with Crippen LogP contribution in [-0.4, -0.2) is 48.2 Å². The predicted molar refractivity (Wildman–Crippen MR) is 90.3 cm³/mol. The Morgan fingerprint density at radius 1 is 1.00 bits per heavy atom. The molecule has 0 aromatic carbocycles. The highest BCUT2D eigenvalue weighted by atomic mass is 16.5. The molecule has 130 valence electrons. The van der Waals surface area contributed by atoms with E-state index in [1.807, 2.05) is 0 Å². The number of carbonyl (C=O) groups excluding carboxylic acids is 1. The fourth-order valence-electron chi connectivity index (χ4n) is 4.80. The van der Waals surface area contributed by atoms with Gasteiger partial charge in [-0.1, -0.05) is 19.3 Å². The van der Waals surface area contributed by atoms with Gasteiger partial charge in [-0.2, -0.15) is 0 Å². The summed E-state index contributed by atoms with van der Waals surface area (Å²) in [5, 5.41) is 3.24. The molecule has 2 saturated carbocycles. The Balaban J connectivity index is 1.18. The third kappa shape index (κ3) is 3.90. The third-order valence-electron chi connectivity index (χ3n) is 6.45. The molecule has 2 aliphatic carbocycles. The van der Waals surface area contributed by atoms with E-state index in [0.717, 1.165) is 45.3 Å². The summed E-state index contributed by atoms with van der Waals surface area (Å²) < 4.78 is 6.51. The Morgan fingerprint density at radius 2 is 1.74 bits per heavy atom. The zero-order chi connectivity index (χ0) is 15.7. The van der Waals surface area contributed by atoms with Gasteiger partial charge in [0.1, 0.15) is 0 Å². The van der Waals surface area contributed by atoms with Gasteiger partial charge in [-0.3, -0.25) is 4.79 Å². The van der Waals surface area contributed by atoms with Crippen molar-refractivity contribution in [3.05, 3.63) is 0 Å². The Hall–Kier alpha value is -0.610. The molecule has 4 nitrogen and oxygen atoms in total. The Kier molecular flexibility index (Phi) is 4.64. The molecular formula is C19H32N2O2. The van der Waals surface area contributed by atoms with Gasteiger partial charge in [-0.15, -0.1) is 0 Å². The Labute approximate surface area is 140 Å². The van der Waals surface area contributed by atoms with Crippen LogP contribution in [0.2, 0.25) is 0 Å². The van der Waals surface area contributed by atoms with E-state index in [1.165, 1.54) is 44.9 Å². The van der Waals surface area contributed by atoms with E-state index in [9.17, 15) is 4.79 Å². The molecule has 0 unspecified atom stereocenters. The molecule has 1 spiro atoms. The molecule has 1 atom stereocenters. The standard InChI is InChI=1S/C19H32N2O2/c22-18(15-4-5-15)20-16-7-12-21(13-8-16)14-17-6-11-19(23-17)9-2-1-3-10-19/h15-17H,1-14H2,(H,20,22)/t17-/m1/s1. The van der Waals surface area contributed by atoms with Crippen molar-refractivity contribution >= 4 is 5.91 Å². The van der Waals surface area contributed by atoms with Crippen LogP contribution in [0.1, 0.15) is 70.6 Å². The smallest absolute Gasteiger partial charge is 0.223 e. The van der Waals surface area contributed by atoms with Crippen LogP contribution in [0.3, 0.4) is 0 Å². The van der Waals surface area contributed by atoms with Gasteiger partial charge in [0.2, 0.25) is 5.91 Å². The van der Waals surface area contributed by atoms with Crippen molar-refractivity contribution in [2.24, 2.45) is 5.92 Å². The lowest BCUT2D eigenvalue weighted by atomic mass is 9.83. The monoisotopic (exact) mass is 320 g/mol. The van der Waals surface area contributed by atoms with Crippen molar-refractivity contribution in [2.75, 3.05) is 19.6 Å². The first-order valence-corrected chi connectivity index (χ1v) is 9.93. The lowest BCUT2D eigenvalue weighted by molar-refractivity contribution is -0.123. The van der Waals surface area contributed by atoms with Crippen molar-refractivity contribution in [2.45, 2.75) is 88.4 Å². The molecule has 2 heterocycles. The van der Waals surface area contributed by atoms with Gasteiger partial charge in [-0.05, 0) is 51.4 Å². The quantitative estimate of drug-likeness (QED) is 0.866. The molecule has 4 fully saturated rings. The Morgan fingerprint density at radius 3 is 2.43 bits per heavy atom. The number of hydrogen-bond acceptors (Lipinski definition) is 3. The van der Waals surface area contributed by atoms with Gasteiger partial charge < -0.3 is 15.0 Å². The summed E-state index contributed by atoms with van der Waals surface area (Å²) in [5.74, 6) is 0.647. The van der Waals surface area contributed by atoms with Crippen molar-refractivity contribution < 1.29 is 9.53 Å². The summed E-state index contributed by atoms with van der Waals surface area (Å²) in [6.07, 6.45) is 14.1. The summed E-state index contributed by atoms with van der Waals surface area (Å²) in [7, 11) is 0. The maximum atomic E-state index is 11.9. The maximum Gasteiger partial charge on any atom is 0.223 e. The minimum atomic E-state index is 0.249. The lowest BCUT2D eigenvalue weighted by Gasteiger charge is -2.36. The average Bonchev–Trinajstić information content (AvgIpc) is 3.35. The molecule has 0 bridgehead atoms. The second-order valence-corrected chi connectivity index (χ2v) is 8.38. The second kappa shape index (κ2) is 6.72. The molecule has 1 amide bonds. The van der Waals surface area contributed by atoms with Crippen LogP contribution in [-0.2, 0) is 9.53 Å². The van der Waals surface area contributed by atoms with E-state index in [0.29, 0.717) is 24.0 Å². The molecule has 0 aromatic heterocycles. The van der Waals surface area contributed by atoms with Crippen molar-refractivity contribution in [3.63, 3.8) is 0 Å². The zero-order valence-electron chi connectivity index (χ0n) is 14.4. The van der Waals surface area contributed by atoms with Gasteiger partial charge in [-0.25, -0.2) is 0 Å². The van der Waals surface area contributed by atoms with Gasteiger partial charge >= 0.3 is 0 Å². The molecule has 2 aliphatic heterocycles. The summed E-state index contributed by atoms with van der Waals surface area (Å²) in [4.78, 5) is 14.4. The molecule has 4 rings (SSSR count). The summed E-state index contributed by atoms with van der Waals surface area (Å²) in [5.41, 5.74) is 0.249. The van der Waals surface area contributed by atoms with Crippen LogP contribution in [0.15, 0.2) is 0 Å². The zero-order valence-corrected chi connectivity index (χ0v) is 14.4. The number of nitrogens with zero attached hydrogens (tertiary/aromatic N) is 1. The number of nitrogens with one attached hydrogen (secondary N) is 1. The number of carbonyl (C=O) groups is 1.